The Labute approximate surface area is 123 Å². The maximum Gasteiger partial charge on any atom is 0.270 e. The van der Waals surface area contributed by atoms with E-state index in [1.54, 1.807) is 11.7 Å². The number of hydrogen-bond acceptors (Lipinski definition) is 3. The summed E-state index contributed by atoms with van der Waals surface area (Å²) in [7, 11) is 1.78. The molecule has 1 aromatic heterocycles. The van der Waals surface area contributed by atoms with Crippen LogP contribution in [0.3, 0.4) is 0 Å². The standard InChI is InChI=1S/C13H23BrN4O/c1-6-18(7-2)8-9(3)15-13(19)12-11(14)10(4)16-17(12)5/h9H,6-8H2,1-5H3,(H,15,19)/t9-/m0/s1. The molecule has 1 N–H and O–H groups in total. The fourth-order valence-corrected chi connectivity index (χ4v) is 2.60. The Morgan fingerprint density at radius 2 is 2.05 bits per heavy atom. The van der Waals surface area contributed by atoms with E-state index in [9.17, 15) is 4.79 Å². The number of aromatic nitrogens is 2. The first-order valence-electron chi connectivity index (χ1n) is 6.62. The van der Waals surface area contributed by atoms with Crippen molar-refractivity contribution in [1.82, 2.24) is 20.0 Å². The van der Waals surface area contributed by atoms with Crippen LogP contribution >= 0.6 is 15.9 Å². The molecule has 6 heteroatoms. The second-order valence-electron chi connectivity index (χ2n) is 4.73. The van der Waals surface area contributed by atoms with Crippen molar-refractivity contribution in [3.8, 4) is 0 Å². The lowest BCUT2D eigenvalue weighted by Crippen LogP contribution is -2.42. The molecule has 0 bridgehead atoms. The summed E-state index contributed by atoms with van der Waals surface area (Å²) in [5.74, 6) is -0.0883. The van der Waals surface area contributed by atoms with Crippen molar-refractivity contribution in [3.05, 3.63) is 15.9 Å². The Kier molecular flexibility index (Phi) is 6.00. The molecule has 1 rings (SSSR count). The summed E-state index contributed by atoms with van der Waals surface area (Å²) in [4.78, 5) is 14.5. The van der Waals surface area contributed by atoms with Gasteiger partial charge in [-0.15, -0.1) is 0 Å². The maximum absolute atomic E-state index is 12.2. The number of likely N-dealkylation sites (N-methyl/N-ethyl adjacent to an activating group) is 1. The van der Waals surface area contributed by atoms with Crippen LogP contribution in [0.15, 0.2) is 4.47 Å². The highest BCUT2D eigenvalue weighted by Crippen LogP contribution is 2.20. The fourth-order valence-electron chi connectivity index (χ4n) is 2.09. The number of nitrogens with zero attached hydrogens (tertiary/aromatic N) is 3. The number of rotatable bonds is 6. The first-order chi connectivity index (χ1) is 8.90. The molecule has 1 amide bonds. The molecule has 0 aromatic carbocycles. The van der Waals surface area contributed by atoms with Gasteiger partial charge >= 0.3 is 0 Å². The van der Waals surface area contributed by atoms with Crippen LogP contribution in [0.25, 0.3) is 0 Å². The van der Waals surface area contributed by atoms with Gasteiger partial charge in [-0.1, -0.05) is 13.8 Å². The van der Waals surface area contributed by atoms with Gasteiger partial charge in [0.25, 0.3) is 5.91 Å². The molecule has 0 spiro atoms. The van der Waals surface area contributed by atoms with Crippen molar-refractivity contribution in [1.29, 1.82) is 0 Å². The van der Waals surface area contributed by atoms with Gasteiger partial charge < -0.3 is 10.2 Å². The summed E-state index contributed by atoms with van der Waals surface area (Å²) in [6.45, 7) is 11.0. The zero-order valence-corrected chi connectivity index (χ0v) is 13.9. The van der Waals surface area contributed by atoms with E-state index in [1.165, 1.54) is 0 Å². The maximum atomic E-state index is 12.2. The molecule has 0 unspecified atom stereocenters. The Balaban J connectivity index is 2.69. The predicted octanol–water partition coefficient (Wildman–Crippen LogP) is 1.95. The molecular formula is C13H23BrN4O. The lowest BCUT2D eigenvalue weighted by molar-refractivity contribution is 0.0920. The van der Waals surface area contributed by atoms with Crippen LogP contribution in [-0.4, -0.2) is 46.3 Å². The molecule has 0 aliphatic rings. The SMILES string of the molecule is CCN(CC)C[C@H](C)NC(=O)c1c(Br)c(C)nn1C. The van der Waals surface area contributed by atoms with Crippen molar-refractivity contribution in [2.24, 2.45) is 7.05 Å². The Hall–Kier alpha value is -0.880. The third-order valence-corrected chi connectivity index (χ3v) is 4.12. The minimum absolute atomic E-state index is 0.0883. The van der Waals surface area contributed by atoms with E-state index in [-0.39, 0.29) is 11.9 Å². The molecule has 0 radical (unpaired) electrons. The number of amides is 1. The van der Waals surface area contributed by atoms with E-state index in [0.29, 0.717) is 5.69 Å². The zero-order chi connectivity index (χ0) is 14.6. The second kappa shape index (κ2) is 7.05. The van der Waals surface area contributed by atoms with E-state index in [2.05, 4.69) is 45.1 Å². The van der Waals surface area contributed by atoms with Crippen molar-refractivity contribution in [3.63, 3.8) is 0 Å². The molecule has 1 atom stereocenters. The fraction of sp³-hybridized carbons (Fsp3) is 0.692. The Bertz CT molecular complexity index is 440. The van der Waals surface area contributed by atoms with Crippen LogP contribution in [0.4, 0.5) is 0 Å². The number of carbonyl (C=O) groups excluding carboxylic acids is 1. The molecule has 108 valence electrons. The predicted molar refractivity (Wildman–Crippen MR) is 80.4 cm³/mol. The number of hydrogen-bond donors (Lipinski definition) is 1. The number of aryl methyl sites for hydroxylation is 2. The molecule has 0 fully saturated rings. The molecule has 0 saturated heterocycles. The third-order valence-electron chi connectivity index (χ3n) is 3.17. The largest absolute Gasteiger partial charge is 0.347 e. The van der Waals surface area contributed by atoms with E-state index in [1.807, 2.05) is 13.8 Å². The Morgan fingerprint density at radius 1 is 1.47 bits per heavy atom. The van der Waals surface area contributed by atoms with Crippen LogP contribution in [0.2, 0.25) is 0 Å². The molecule has 1 heterocycles. The van der Waals surface area contributed by atoms with Crippen LogP contribution in [0.5, 0.6) is 0 Å². The zero-order valence-electron chi connectivity index (χ0n) is 12.3. The third kappa shape index (κ3) is 4.04. The van der Waals surface area contributed by atoms with Crippen molar-refractivity contribution in [2.45, 2.75) is 33.7 Å². The molecule has 0 saturated carbocycles. The van der Waals surface area contributed by atoms with Gasteiger partial charge in [-0.05, 0) is 42.9 Å². The Morgan fingerprint density at radius 3 is 2.47 bits per heavy atom. The van der Waals surface area contributed by atoms with Gasteiger partial charge in [0, 0.05) is 19.6 Å². The highest BCUT2D eigenvalue weighted by Gasteiger charge is 2.20. The monoisotopic (exact) mass is 330 g/mol. The quantitative estimate of drug-likeness (QED) is 0.867. The summed E-state index contributed by atoms with van der Waals surface area (Å²) in [6.07, 6.45) is 0. The van der Waals surface area contributed by atoms with Gasteiger partial charge in [-0.3, -0.25) is 9.48 Å². The molecular weight excluding hydrogens is 308 g/mol. The van der Waals surface area contributed by atoms with Crippen LogP contribution in [-0.2, 0) is 7.05 Å². The summed E-state index contributed by atoms with van der Waals surface area (Å²) in [5.41, 5.74) is 1.40. The van der Waals surface area contributed by atoms with Gasteiger partial charge in [0.2, 0.25) is 0 Å². The molecule has 0 aliphatic carbocycles. The lowest BCUT2D eigenvalue weighted by atomic mass is 10.2. The summed E-state index contributed by atoms with van der Waals surface area (Å²) < 4.78 is 2.38. The van der Waals surface area contributed by atoms with E-state index < -0.39 is 0 Å². The van der Waals surface area contributed by atoms with Gasteiger partial charge in [0.05, 0.1) is 10.2 Å². The molecule has 1 aromatic rings. The molecule has 5 nitrogen and oxygen atoms in total. The second-order valence-corrected chi connectivity index (χ2v) is 5.52. The van der Waals surface area contributed by atoms with E-state index in [0.717, 1.165) is 29.8 Å². The number of halogens is 1. The van der Waals surface area contributed by atoms with Crippen LogP contribution in [0.1, 0.15) is 37.0 Å². The van der Waals surface area contributed by atoms with Crippen molar-refractivity contribution >= 4 is 21.8 Å². The van der Waals surface area contributed by atoms with Gasteiger partial charge in [-0.2, -0.15) is 5.10 Å². The summed E-state index contributed by atoms with van der Waals surface area (Å²) >= 11 is 3.42. The van der Waals surface area contributed by atoms with Gasteiger partial charge in [0.15, 0.2) is 0 Å². The highest BCUT2D eigenvalue weighted by atomic mass is 79.9. The minimum atomic E-state index is -0.0883. The first kappa shape index (κ1) is 16.2. The van der Waals surface area contributed by atoms with Crippen LogP contribution in [0, 0.1) is 6.92 Å². The topological polar surface area (TPSA) is 50.2 Å². The lowest BCUT2D eigenvalue weighted by Gasteiger charge is -2.23. The average Bonchev–Trinajstić information content (AvgIpc) is 2.60. The summed E-state index contributed by atoms with van der Waals surface area (Å²) in [6, 6.07) is 0.106. The van der Waals surface area contributed by atoms with Gasteiger partial charge in [0.1, 0.15) is 5.69 Å². The van der Waals surface area contributed by atoms with Crippen molar-refractivity contribution < 1.29 is 4.79 Å². The van der Waals surface area contributed by atoms with E-state index >= 15 is 0 Å². The molecule has 19 heavy (non-hydrogen) atoms. The van der Waals surface area contributed by atoms with Crippen molar-refractivity contribution in [2.75, 3.05) is 19.6 Å². The number of nitrogens with one attached hydrogen (secondary N) is 1. The van der Waals surface area contributed by atoms with E-state index in [4.69, 9.17) is 0 Å². The van der Waals surface area contributed by atoms with Gasteiger partial charge in [-0.25, -0.2) is 0 Å². The molecule has 0 aliphatic heterocycles. The average molecular weight is 331 g/mol. The minimum Gasteiger partial charge on any atom is -0.347 e. The summed E-state index contributed by atoms with van der Waals surface area (Å²) in [5, 5.41) is 7.25. The van der Waals surface area contributed by atoms with Crippen LogP contribution < -0.4 is 5.32 Å². The number of carbonyl (C=O) groups is 1. The first-order valence-corrected chi connectivity index (χ1v) is 7.42. The normalized spacial score (nSPS) is 12.8. The smallest absolute Gasteiger partial charge is 0.270 e. The highest BCUT2D eigenvalue weighted by molar-refractivity contribution is 9.10.